The third-order valence-electron chi connectivity index (χ3n) is 5.44. The minimum atomic E-state index is -0.0850. The van der Waals surface area contributed by atoms with Gasteiger partial charge in [-0.15, -0.1) is 0 Å². The molecule has 0 bridgehead atoms. The van der Waals surface area contributed by atoms with E-state index in [4.69, 9.17) is 0 Å². The van der Waals surface area contributed by atoms with Gasteiger partial charge < -0.3 is 15.5 Å². The van der Waals surface area contributed by atoms with Gasteiger partial charge in [-0.05, 0) is 57.4 Å². The highest BCUT2D eigenvalue weighted by Gasteiger charge is 2.17. The second kappa shape index (κ2) is 9.53. The molecule has 1 aliphatic rings. The van der Waals surface area contributed by atoms with Gasteiger partial charge in [0.1, 0.15) is 0 Å². The van der Waals surface area contributed by atoms with Gasteiger partial charge in [-0.25, -0.2) is 9.97 Å². The van der Waals surface area contributed by atoms with Gasteiger partial charge in [-0.1, -0.05) is 19.3 Å². The lowest BCUT2D eigenvalue weighted by atomic mass is 9.95. The van der Waals surface area contributed by atoms with Crippen LogP contribution < -0.4 is 15.5 Å². The van der Waals surface area contributed by atoms with E-state index in [1.165, 1.54) is 24.9 Å². The van der Waals surface area contributed by atoms with E-state index < -0.39 is 0 Å². The highest BCUT2D eigenvalue weighted by molar-refractivity contribution is 5.93. The number of benzene rings is 1. The van der Waals surface area contributed by atoms with Crippen molar-refractivity contribution in [2.45, 2.75) is 58.9 Å². The molecule has 0 spiro atoms. The molecule has 1 amide bonds. The molecule has 2 aromatic rings. The van der Waals surface area contributed by atoms with E-state index in [2.05, 4.69) is 64.5 Å². The van der Waals surface area contributed by atoms with Gasteiger partial charge in [0.05, 0.1) is 5.56 Å². The zero-order chi connectivity index (χ0) is 19.9. The average molecular weight is 382 g/mol. The molecule has 0 unspecified atom stereocenters. The fraction of sp³-hybridized carbons (Fsp3) is 0.500. The Morgan fingerprint density at radius 3 is 2.39 bits per heavy atom. The smallest absolute Gasteiger partial charge is 0.254 e. The predicted molar refractivity (Wildman–Crippen MR) is 114 cm³/mol. The highest BCUT2D eigenvalue weighted by atomic mass is 16.1. The summed E-state index contributed by atoms with van der Waals surface area (Å²) >= 11 is 0. The van der Waals surface area contributed by atoms with Crippen molar-refractivity contribution in [2.75, 3.05) is 23.3 Å². The number of nitrogens with one attached hydrogen (secondary N) is 2. The molecular weight excluding hydrogens is 350 g/mol. The van der Waals surface area contributed by atoms with Crippen molar-refractivity contribution in [3.63, 3.8) is 0 Å². The molecule has 3 rings (SSSR count). The number of aryl methyl sites for hydroxylation is 1. The van der Waals surface area contributed by atoms with Crippen molar-refractivity contribution < 1.29 is 4.79 Å². The summed E-state index contributed by atoms with van der Waals surface area (Å²) in [6.45, 7) is 8.35. The maximum Gasteiger partial charge on any atom is 0.254 e. The SMILES string of the molecule is CCN(CC)c1ccc(Nc2ncc(C(=O)NC3CCCCC3)cn2)c(C)c1. The molecule has 1 saturated carbocycles. The van der Waals surface area contributed by atoms with Gasteiger partial charge in [-0.3, -0.25) is 4.79 Å². The largest absolute Gasteiger partial charge is 0.372 e. The topological polar surface area (TPSA) is 70.2 Å². The number of anilines is 3. The maximum atomic E-state index is 12.4. The molecule has 28 heavy (non-hydrogen) atoms. The molecule has 0 atom stereocenters. The number of carbonyl (C=O) groups is 1. The van der Waals surface area contributed by atoms with E-state index in [0.29, 0.717) is 11.5 Å². The minimum absolute atomic E-state index is 0.0850. The zero-order valence-electron chi connectivity index (χ0n) is 17.2. The summed E-state index contributed by atoms with van der Waals surface area (Å²) in [7, 11) is 0. The summed E-state index contributed by atoms with van der Waals surface area (Å²) in [6.07, 6.45) is 8.96. The first-order chi connectivity index (χ1) is 13.6. The number of carbonyl (C=O) groups excluding carboxylic acids is 1. The molecular formula is C22H31N5O. The van der Waals surface area contributed by atoms with E-state index in [1.54, 1.807) is 12.4 Å². The molecule has 6 heteroatoms. The number of nitrogens with zero attached hydrogens (tertiary/aromatic N) is 3. The van der Waals surface area contributed by atoms with Crippen LogP contribution in [0.5, 0.6) is 0 Å². The molecule has 2 N–H and O–H groups in total. The Labute approximate surface area is 167 Å². The van der Waals surface area contributed by atoms with Crippen molar-refractivity contribution in [3.8, 4) is 0 Å². The van der Waals surface area contributed by atoms with E-state index in [1.807, 2.05) is 0 Å². The first-order valence-electron chi connectivity index (χ1n) is 10.4. The van der Waals surface area contributed by atoms with Crippen LogP contribution in [0.2, 0.25) is 0 Å². The van der Waals surface area contributed by atoms with Gasteiger partial charge in [-0.2, -0.15) is 0 Å². The average Bonchev–Trinajstić information content (AvgIpc) is 2.72. The molecule has 1 aliphatic carbocycles. The van der Waals surface area contributed by atoms with Crippen LogP contribution in [0, 0.1) is 6.92 Å². The van der Waals surface area contributed by atoms with E-state index >= 15 is 0 Å². The van der Waals surface area contributed by atoms with Crippen molar-refractivity contribution in [1.82, 2.24) is 15.3 Å². The Morgan fingerprint density at radius 1 is 1.11 bits per heavy atom. The number of amides is 1. The van der Waals surface area contributed by atoms with Crippen LogP contribution >= 0.6 is 0 Å². The van der Waals surface area contributed by atoms with Crippen LogP contribution in [-0.4, -0.2) is 35.0 Å². The maximum absolute atomic E-state index is 12.4. The van der Waals surface area contributed by atoms with Gasteiger partial charge in [0.25, 0.3) is 5.91 Å². The van der Waals surface area contributed by atoms with Crippen LogP contribution in [0.25, 0.3) is 0 Å². The van der Waals surface area contributed by atoms with Crippen molar-refractivity contribution in [3.05, 3.63) is 41.7 Å². The van der Waals surface area contributed by atoms with Crippen LogP contribution in [0.4, 0.5) is 17.3 Å². The standard InChI is InChI=1S/C22H31N5O/c1-4-27(5-2)19-11-12-20(16(3)13-19)26-22-23-14-17(15-24-22)21(28)25-18-9-7-6-8-10-18/h11-15,18H,4-10H2,1-3H3,(H,25,28)(H,23,24,26). The Hall–Kier alpha value is -2.63. The zero-order valence-corrected chi connectivity index (χ0v) is 17.2. The molecule has 1 fully saturated rings. The van der Waals surface area contributed by atoms with Crippen LogP contribution in [-0.2, 0) is 0 Å². The quantitative estimate of drug-likeness (QED) is 0.742. The third-order valence-corrected chi connectivity index (χ3v) is 5.44. The van der Waals surface area contributed by atoms with Crippen molar-refractivity contribution >= 4 is 23.2 Å². The van der Waals surface area contributed by atoms with Crippen LogP contribution in [0.1, 0.15) is 61.9 Å². The summed E-state index contributed by atoms with van der Waals surface area (Å²) in [5.41, 5.74) is 3.82. The fourth-order valence-corrected chi connectivity index (χ4v) is 3.72. The summed E-state index contributed by atoms with van der Waals surface area (Å²) < 4.78 is 0. The Bertz CT molecular complexity index is 780. The molecule has 6 nitrogen and oxygen atoms in total. The number of hydrogen-bond acceptors (Lipinski definition) is 5. The van der Waals surface area contributed by atoms with E-state index in [9.17, 15) is 4.79 Å². The Kier molecular flexibility index (Phi) is 6.85. The van der Waals surface area contributed by atoms with E-state index in [-0.39, 0.29) is 11.9 Å². The van der Waals surface area contributed by atoms with E-state index in [0.717, 1.165) is 37.2 Å². The lowest BCUT2D eigenvalue weighted by Crippen LogP contribution is -2.36. The number of hydrogen-bond donors (Lipinski definition) is 2. The predicted octanol–water partition coefficient (Wildman–Crippen LogP) is 4.44. The van der Waals surface area contributed by atoms with Crippen LogP contribution in [0.3, 0.4) is 0 Å². The lowest BCUT2D eigenvalue weighted by Gasteiger charge is -2.22. The minimum Gasteiger partial charge on any atom is -0.372 e. The summed E-state index contributed by atoms with van der Waals surface area (Å²) in [4.78, 5) is 23.3. The van der Waals surface area contributed by atoms with Gasteiger partial charge in [0.2, 0.25) is 5.95 Å². The van der Waals surface area contributed by atoms with Crippen molar-refractivity contribution in [2.24, 2.45) is 0 Å². The lowest BCUT2D eigenvalue weighted by molar-refractivity contribution is 0.0927. The second-order valence-electron chi connectivity index (χ2n) is 7.40. The molecule has 1 heterocycles. The molecule has 150 valence electrons. The van der Waals surface area contributed by atoms with Gasteiger partial charge >= 0.3 is 0 Å². The molecule has 0 aliphatic heterocycles. The van der Waals surface area contributed by atoms with Gasteiger partial charge in [0.15, 0.2) is 0 Å². The highest BCUT2D eigenvalue weighted by Crippen LogP contribution is 2.24. The normalized spacial score (nSPS) is 14.5. The number of aromatic nitrogens is 2. The second-order valence-corrected chi connectivity index (χ2v) is 7.40. The third kappa shape index (κ3) is 5.00. The monoisotopic (exact) mass is 381 g/mol. The first kappa shape index (κ1) is 20.1. The molecule has 0 saturated heterocycles. The number of rotatable bonds is 7. The van der Waals surface area contributed by atoms with Crippen LogP contribution in [0.15, 0.2) is 30.6 Å². The Balaban J connectivity index is 1.63. The molecule has 1 aromatic carbocycles. The summed E-state index contributed by atoms with van der Waals surface area (Å²) in [6, 6.07) is 6.61. The Morgan fingerprint density at radius 2 is 1.79 bits per heavy atom. The van der Waals surface area contributed by atoms with Gasteiger partial charge in [0, 0.05) is 42.9 Å². The summed E-state index contributed by atoms with van der Waals surface area (Å²) in [5.74, 6) is 0.408. The first-order valence-corrected chi connectivity index (χ1v) is 10.4. The molecule has 1 aromatic heterocycles. The molecule has 0 radical (unpaired) electrons. The fourth-order valence-electron chi connectivity index (χ4n) is 3.72. The summed E-state index contributed by atoms with van der Waals surface area (Å²) in [5, 5.41) is 6.35. The van der Waals surface area contributed by atoms with Crippen molar-refractivity contribution in [1.29, 1.82) is 0 Å².